The van der Waals surface area contributed by atoms with Gasteiger partial charge in [0, 0.05) is 38.5 Å². The molecule has 2 amide bonds. The Morgan fingerprint density at radius 2 is 2.04 bits per heavy atom. The predicted molar refractivity (Wildman–Crippen MR) is 93.9 cm³/mol. The molecule has 0 saturated carbocycles. The van der Waals surface area contributed by atoms with Crippen LogP contribution < -0.4 is 0 Å². The number of carbonyl (C=O) groups excluding carboxylic acids is 2. The number of nitrogens with zero attached hydrogens (tertiary/aromatic N) is 2. The summed E-state index contributed by atoms with van der Waals surface area (Å²) in [6.07, 6.45) is 3.19. The molecule has 3 fully saturated rings. The Balaban J connectivity index is 1.37. The Bertz CT molecular complexity index is 633. The second-order valence-corrected chi connectivity index (χ2v) is 7.53. The fourth-order valence-corrected chi connectivity index (χ4v) is 4.44. The van der Waals surface area contributed by atoms with Gasteiger partial charge in [-0.25, -0.2) is 0 Å². The van der Waals surface area contributed by atoms with E-state index in [1.165, 1.54) is 0 Å². The van der Waals surface area contributed by atoms with Gasteiger partial charge in [-0.15, -0.1) is 0 Å². The molecule has 134 valence electrons. The van der Waals surface area contributed by atoms with Crippen LogP contribution in [0.3, 0.4) is 0 Å². The molecule has 0 bridgehead atoms. The van der Waals surface area contributed by atoms with Crippen molar-refractivity contribution in [1.29, 1.82) is 0 Å². The van der Waals surface area contributed by atoms with Crippen LogP contribution in [0.5, 0.6) is 0 Å². The first-order valence-electron chi connectivity index (χ1n) is 9.42. The lowest BCUT2D eigenvalue weighted by Crippen LogP contribution is -2.48. The molecule has 0 unspecified atom stereocenters. The zero-order chi connectivity index (χ0) is 17.2. The standard InChI is InChI=1S/C20H26N2O3/c23-19-7-4-9-21(19)13-18-17-12-22(10-8-16(17)14-25-18)20(24)11-15-5-2-1-3-6-15/h1-3,5-6,16-18H,4,7-14H2/t16-,17-,18+/m1/s1. The first-order valence-corrected chi connectivity index (χ1v) is 9.42. The van der Waals surface area contributed by atoms with E-state index in [4.69, 9.17) is 4.74 Å². The normalized spacial score (nSPS) is 29.1. The summed E-state index contributed by atoms with van der Waals surface area (Å²) < 4.78 is 6.02. The van der Waals surface area contributed by atoms with E-state index in [1.807, 2.05) is 40.1 Å². The molecular formula is C20H26N2O3. The Hall–Kier alpha value is -1.88. The van der Waals surface area contributed by atoms with Gasteiger partial charge in [0.05, 0.1) is 19.1 Å². The molecule has 1 aromatic rings. The van der Waals surface area contributed by atoms with Crippen LogP contribution in [0.2, 0.25) is 0 Å². The van der Waals surface area contributed by atoms with Crippen molar-refractivity contribution in [3.63, 3.8) is 0 Å². The van der Waals surface area contributed by atoms with Crippen LogP contribution in [0.4, 0.5) is 0 Å². The van der Waals surface area contributed by atoms with E-state index in [0.29, 0.717) is 31.2 Å². The number of carbonyl (C=O) groups is 2. The molecular weight excluding hydrogens is 316 g/mol. The maximum Gasteiger partial charge on any atom is 0.227 e. The van der Waals surface area contributed by atoms with Crippen LogP contribution in [-0.4, -0.2) is 60.5 Å². The highest BCUT2D eigenvalue weighted by Crippen LogP contribution is 2.35. The van der Waals surface area contributed by atoms with E-state index < -0.39 is 0 Å². The van der Waals surface area contributed by atoms with E-state index in [2.05, 4.69) is 0 Å². The van der Waals surface area contributed by atoms with Crippen LogP contribution in [0.25, 0.3) is 0 Å². The summed E-state index contributed by atoms with van der Waals surface area (Å²) in [5, 5.41) is 0. The highest BCUT2D eigenvalue weighted by molar-refractivity contribution is 5.79. The predicted octanol–water partition coefficient (Wildman–Crippen LogP) is 1.71. The van der Waals surface area contributed by atoms with Gasteiger partial charge in [0.1, 0.15) is 0 Å². The Morgan fingerprint density at radius 3 is 2.80 bits per heavy atom. The minimum atomic E-state index is 0.0828. The first kappa shape index (κ1) is 16.6. The molecule has 3 heterocycles. The zero-order valence-corrected chi connectivity index (χ0v) is 14.6. The number of likely N-dealkylation sites (tertiary alicyclic amines) is 2. The molecule has 0 N–H and O–H groups in total. The third kappa shape index (κ3) is 3.56. The molecule has 1 aromatic carbocycles. The lowest BCUT2D eigenvalue weighted by Gasteiger charge is -2.37. The number of piperidine rings is 1. The molecule has 3 saturated heterocycles. The van der Waals surface area contributed by atoms with Gasteiger partial charge in [0.25, 0.3) is 0 Å². The minimum Gasteiger partial charge on any atom is -0.376 e. The summed E-state index contributed by atoms with van der Waals surface area (Å²) >= 11 is 0. The summed E-state index contributed by atoms with van der Waals surface area (Å²) in [7, 11) is 0. The van der Waals surface area contributed by atoms with Gasteiger partial charge in [-0.3, -0.25) is 9.59 Å². The van der Waals surface area contributed by atoms with Gasteiger partial charge in [-0.2, -0.15) is 0 Å². The van der Waals surface area contributed by atoms with Crippen molar-refractivity contribution in [2.24, 2.45) is 11.8 Å². The van der Waals surface area contributed by atoms with Crippen molar-refractivity contribution in [2.45, 2.75) is 31.8 Å². The quantitative estimate of drug-likeness (QED) is 0.837. The molecule has 3 atom stereocenters. The van der Waals surface area contributed by atoms with E-state index in [-0.39, 0.29) is 17.9 Å². The van der Waals surface area contributed by atoms with Gasteiger partial charge in [0.2, 0.25) is 11.8 Å². The molecule has 3 aliphatic rings. The molecule has 0 radical (unpaired) electrons. The van der Waals surface area contributed by atoms with Crippen LogP contribution in [0.15, 0.2) is 30.3 Å². The number of amides is 2. The van der Waals surface area contributed by atoms with Gasteiger partial charge in [-0.05, 0) is 24.3 Å². The van der Waals surface area contributed by atoms with E-state index in [0.717, 1.165) is 44.6 Å². The third-order valence-electron chi connectivity index (χ3n) is 5.93. The lowest BCUT2D eigenvalue weighted by atomic mass is 9.84. The Kier molecular flexibility index (Phi) is 4.75. The van der Waals surface area contributed by atoms with Crippen molar-refractivity contribution < 1.29 is 14.3 Å². The van der Waals surface area contributed by atoms with Crippen molar-refractivity contribution >= 4 is 11.8 Å². The number of rotatable bonds is 4. The van der Waals surface area contributed by atoms with Crippen molar-refractivity contribution in [3.05, 3.63) is 35.9 Å². The maximum atomic E-state index is 12.7. The molecule has 0 spiro atoms. The van der Waals surface area contributed by atoms with E-state index >= 15 is 0 Å². The van der Waals surface area contributed by atoms with Crippen molar-refractivity contribution in [1.82, 2.24) is 9.80 Å². The summed E-state index contributed by atoms with van der Waals surface area (Å²) in [6.45, 7) is 3.92. The average molecular weight is 342 g/mol. The molecule has 5 heteroatoms. The Morgan fingerprint density at radius 1 is 1.20 bits per heavy atom. The number of hydrogen-bond donors (Lipinski definition) is 0. The van der Waals surface area contributed by atoms with E-state index in [1.54, 1.807) is 0 Å². The summed E-state index contributed by atoms with van der Waals surface area (Å²) in [5.74, 6) is 1.35. The van der Waals surface area contributed by atoms with Gasteiger partial charge >= 0.3 is 0 Å². The van der Waals surface area contributed by atoms with Crippen LogP contribution >= 0.6 is 0 Å². The fraction of sp³-hybridized carbons (Fsp3) is 0.600. The van der Waals surface area contributed by atoms with Crippen molar-refractivity contribution in [2.75, 3.05) is 32.8 Å². The second-order valence-electron chi connectivity index (χ2n) is 7.53. The van der Waals surface area contributed by atoms with Gasteiger partial charge in [-0.1, -0.05) is 30.3 Å². The summed E-state index contributed by atoms with van der Waals surface area (Å²) in [5.41, 5.74) is 1.07. The molecule has 4 rings (SSSR count). The number of fused-ring (bicyclic) bond motifs is 1. The van der Waals surface area contributed by atoms with Crippen LogP contribution in [-0.2, 0) is 20.7 Å². The molecule has 3 aliphatic heterocycles. The Labute approximate surface area is 148 Å². The molecule has 25 heavy (non-hydrogen) atoms. The second kappa shape index (κ2) is 7.16. The monoisotopic (exact) mass is 342 g/mol. The van der Waals surface area contributed by atoms with E-state index in [9.17, 15) is 9.59 Å². The lowest BCUT2D eigenvalue weighted by molar-refractivity contribution is -0.134. The highest BCUT2D eigenvalue weighted by Gasteiger charge is 2.43. The molecule has 0 aromatic heterocycles. The van der Waals surface area contributed by atoms with Crippen LogP contribution in [0.1, 0.15) is 24.8 Å². The van der Waals surface area contributed by atoms with Crippen molar-refractivity contribution in [3.8, 4) is 0 Å². The van der Waals surface area contributed by atoms with Gasteiger partial charge in [0.15, 0.2) is 0 Å². The summed E-state index contributed by atoms with van der Waals surface area (Å²) in [4.78, 5) is 28.5. The topological polar surface area (TPSA) is 49.9 Å². The fourth-order valence-electron chi connectivity index (χ4n) is 4.44. The average Bonchev–Trinajstić information content (AvgIpc) is 3.22. The molecule has 5 nitrogen and oxygen atoms in total. The van der Waals surface area contributed by atoms with Gasteiger partial charge < -0.3 is 14.5 Å². The zero-order valence-electron chi connectivity index (χ0n) is 14.6. The maximum absolute atomic E-state index is 12.7. The van der Waals surface area contributed by atoms with Crippen LogP contribution in [0, 0.1) is 11.8 Å². The highest BCUT2D eigenvalue weighted by atomic mass is 16.5. The minimum absolute atomic E-state index is 0.0828. The SMILES string of the molecule is O=C(Cc1ccccc1)N1CC[C@@H]2CO[C@@H](CN3CCCC3=O)[C@@H]2C1. The number of ether oxygens (including phenoxy) is 1. The summed E-state index contributed by atoms with van der Waals surface area (Å²) in [6, 6.07) is 9.93. The first-order chi connectivity index (χ1) is 12.2. The largest absolute Gasteiger partial charge is 0.376 e. The number of hydrogen-bond acceptors (Lipinski definition) is 3. The smallest absolute Gasteiger partial charge is 0.227 e. The number of benzene rings is 1. The molecule has 0 aliphatic carbocycles. The third-order valence-corrected chi connectivity index (χ3v) is 5.93.